The summed E-state index contributed by atoms with van der Waals surface area (Å²) in [6.07, 6.45) is 6.06. The van der Waals surface area contributed by atoms with E-state index in [2.05, 4.69) is 87.8 Å². The summed E-state index contributed by atoms with van der Waals surface area (Å²) in [6.45, 7) is 10.1. The quantitative estimate of drug-likeness (QED) is 0.337. The number of piperidine rings is 1. The van der Waals surface area contributed by atoms with Crippen molar-refractivity contribution in [2.45, 2.75) is 70.6 Å². The number of nitrogens with one attached hydrogen (secondary N) is 2. The Hall–Kier alpha value is -3.09. The number of hydrogen-bond donors (Lipinski definition) is 2. The van der Waals surface area contributed by atoms with Crippen LogP contribution < -0.4 is 15.5 Å². The topological polar surface area (TPSA) is 55.8 Å². The minimum Gasteiger partial charge on any atom is -0.378 e. The summed E-state index contributed by atoms with van der Waals surface area (Å²) in [5.74, 6) is 0.704. The predicted molar refractivity (Wildman–Crippen MR) is 169 cm³/mol. The molecule has 7 heteroatoms. The smallest absolute Gasteiger partial charge is 0.0663 e. The Morgan fingerprint density at radius 3 is 2.55 bits per heavy atom. The van der Waals surface area contributed by atoms with Crippen LogP contribution >= 0.6 is 11.6 Å². The molecule has 3 aromatic rings. The molecule has 3 aliphatic rings. The van der Waals surface area contributed by atoms with Crippen molar-refractivity contribution in [2.75, 3.05) is 35.2 Å². The van der Waals surface area contributed by atoms with Crippen molar-refractivity contribution in [2.24, 2.45) is 10.9 Å². The van der Waals surface area contributed by atoms with Gasteiger partial charge >= 0.3 is 0 Å². The second-order valence-corrected chi connectivity index (χ2v) is 12.5. The van der Waals surface area contributed by atoms with E-state index >= 15 is 0 Å². The third-order valence-electron chi connectivity index (χ3n) is 8.50. The zero-order valence-corrected chi connectivity index (χ0v) is 24.6. The van der Waals surface area contributed by atoms with Crippen LogP contribution in [0.25, 0.3) is 0 Å². The number of nitrogens with zero attached hydrogens (tertiary/aromatic N) is 4. The molecule has 2 N–H and O–H groups in total. The fourth-order valence-corrected chi connectivity index (χ4v) is 6.74. The van der Waals surface area contributed by atoms with Crippen LogP contribution in [0.15, 0.2) is 71.9 Å². The van der Waals surface area contributed by atoms with E-state index in [1.54, 1.807) is 0 Å². The van der Waals surface area contributed by atoms with Gasteiger partial charge in [-0.05, 0) is 80.6 Å². The molecule has 6 rings (SSSR count). The zero-order chi connectivity index (χ0) is 27.6. The first-order valence-electron chi connectivity index (χ1n) is 14.8. The third-order valence-corrected chi connectivity index (χ3v) is 8.75. The van der Waals surface area contributed by atoms with Crippen LogP contribution in [0.2, 0.25) is 5.02 Å². The molecule has 2 aromatic carbocycles. The van der Waals surface area contributed by atoms with E-state index in [1.807, 2.05) is 25.3 Å². The van der Waals surface area contributed by atoms with Crippen molar-refractivity contribution in [3.8, 4) is 0 Å². The van der Waals surface area contributed by atoms with Crippen LogP contribution in [-0.2, 0) is 0 Å². The van der Waals surface area contributed by atoms with Crippen LogP contribution in [0.1, 0.15) is 45.2 Å². The molecule has 40 heavy (non-hydrogen) atoms. The second kappa shape index (κ2) is 11.8. The summed E-state index contributed by atoms with van der Waals surface area (Å²) in [4.78, 5) is 15.2. The normalized spacial score (nSPS) is 24.5. The van der Waals surface area contributed by atoms with Gasteiger partial charge in [-0.15, -0.1) is 0 Å². The van der Waals surface area contributed by atoms with Gasteiger partial charge in [0, 0.05) is 54.2 Å². The number of aliphatic imine (C=N–C) groups is 1. The molecule has 2 fully saturated rings. The molecule has 1 aromatic heterocycles. The lowest BCUT2D eigenvalue weighted by Gasteiger charge is -2.49. The van der Waals surface area contributed by atoms with Gasteiger partial charge in [-0.1, -0.05) is 37.6 Å². The van der Waals surface area contributed by atoms with Gasteiger partial charge in [0.15, 0.2) is 0 Å². The first-order chi connectivity index (χ1) is 19.4. The second-order valence-electron chi connectivity index (χ2n) is 12.1. The third kappa shape index (κ3) is 5.98. The molecule has 3 heterocycles. The van der Waals surface area contributed by atoms with Crippen LogP contribution in [0.5, 0.6) is 0 Å². The monoisotopic (exact) mass is 556 g/mol. The summed E-state index contributed by atoms with van der Waals surface area (Å²) >= 11 is 6.30. The molecule has 0 bridgehead atoms. The van der Waals surface area contributed by atoms with E-state index in [4.69, 9.17) is 16.6 Å². The average Bonchev–Trinajstić information content (AvgIpc) is 2.95. The highest BCUT2D eigenvalue weighted by molar-refractivity contribution is 6.30. The highest BCUT2D eigenvalue weighted by Crippen LogP contribution is 2.43. The number of anilines is 4. The maximum absolute atomic E-state index is 6.30. The molecule has 3 atom stereocenters. The molecule has 1 saturated carbocycles. The number of aryl methyl sites for hydroxylation is 1. The Labute approximate surface area is 243 Å². The van der Waals surface area contributed by atoms with Gasteiger partial charge in [-0.3, -0.25) is 9.98 Å². The van der Waals surface area contributed by atoms with E-state index in [0.29, 0.717) is 12.0 Å². The first-order valence-corrected chi connectivity index (χ1v) is 15.2. The molecule has 0 spiro atoms. The van der Waals surface area contributed by atoms with Gasteiger partial charge < -0.3 is 20.4 Å². The van der Waals surface area contributed by atoms with Crippen LogP contribution in [0.4, 0.5) is 22.7 Å². The van der Waals surface area contributed by atoms with Gasteiger partial charge in [0.2, 0.25) is 0 Å². The van der Waals surface area contributed by atoms with Gasteiger partial charge in [-0.25, -0.2) is 0 Å². The molecule has 0 amide bonds. The molecule has 2 aliphatic heterocycles. The molecular weight excluding hydrogens is 516 g/mol. The first kappa shape index (κ1) is 27.1. The Morgan fingerprint density at radius 2 is 1.82 bits per heavy atom. The Morgan fingerprint density at radius 1 is 1.05 bits per heavy atom. The Bertz CT molecular complexity index is 1310. The molecule has 6 nitrogen and oxygen atoms in total. The minimum atomic E-state index is 0.157. The average molecular weight is 557 g/mol. The fourth-order valence-electron chi connectivity index (χ4n) is 6.61. The molecule has 0 radical (unpaired) electrons. The van der Waals surface area contributed by atoms with Crippen LogP contribution in [-0.4, -0.2) is 59.4 Å². The molecule has 1 saturated heterocycles. The van der Waals surface area contributed by atoms with E-state index in [1.165, 1.54) is 29.3 Å². The molecular formula is C33H41ClN6. The highest BCUT2D eigenvalue weighted by Gasteiger charge is 2.42. The Balaban J connectivity index is 1.32. The molecule has 3 unspecified atom stereocenters. The summed E-state index contributed by atoms with van der Waals surface area (Å²) in [5.41, 5.74) is 6.92. The predicted octanol–water partition coefficient (Wildman–Crippen LogP) is 7.18. The number of para-hydroxylation sites is 2. The Kier molecular flexibility index (Phi) is 7.99. The van der Waals surface area contributed by atoms with E-state index in [-0.39, 0.29) is 18.1 Å². The zero-order valence-electron chi connectivity index (χ0n) is 23.9. The van der Waals surface area contributed by atoms with Crippen molar-refractivity contribution >= 4 is 40.1 Å². The van der Waals surface area contributed by atoms with Crippen molar-refractivity contribution in [3.05, 3.63) is 77.6 Å². The van der Waals surface area contributed by atoms with Gasteiger partial charge in [0.25, 0.3) is 0 Å². The number of benzene rings is 2. The van der Waals surface area contributed by atoms with Crippen molar-refractivity contribution in [3.63, 3.8) is 0 Å². The number of rotatable bonds is 6. The van der Waals surface area contributed by atoms with Crippen molar-refractivity contribution < 1.29 is 0 Å². The fraction of sp³-hybridized carbons (Fsp3) is 0.455. The summed E-state index contributed by atoms with van der Waals surface area (Å²) in [7, 11) is 0. The lowest BCUT2D eigenvalue weighted by atomic mass is 9.81. The maximum Gasteiger partial charge on any atom is 0.0663 e. The van der Waals surface area contributed by atoms with E-state index in [0.717, 1.165) is 55.2 Å². The number of pyridine rings is 1. The number of likely N-dealkylation sites (tertiary alicyclic amines) is 1. The maximum atomic E-state index is 6.30. The van der Waals surface area contributed by atoms with Gasteiger partial charge in [-0.2, -0.15) is 0 Å². The summed E-state index contributed by atoms with van der Waals surface area (Å²) in [6, 6.07) is 22.2. The standard InChI is InChI=1S/C33H41ClN6/c1-22(2)21-39-16-14-25(15-17-39)36-30-19-33-31(18-29(30)37-26-11-8-23(3)35-20-26)38-28-6-4-5-7-32(28)40(33)27-12-9-24(34)10-13-27/h4-13,20,22,25,29,31,33,37-38H,14-19,21H2,1-3H3. The number of fused-ring (bicyclic) bond motifs is 2. The van der Waals surface area contributed by atoms with Crippen LogP contribution in [0, 0.1) is 12.8 Å². The summed E-state index contributed by atoms with van der Waals surface area (Å²) in [5, 5.41) is 8.48. The van der Waals surface area contributed by atoms with Gasteiger partial charge in [0.05, 0.1) is 41.4 Å². The lowest BCUT2D eigenvalue weighted by molar-refractivity contribution is 0.193. The van der Waals surface area contributed by atoms with Crippen molar-refractivity contribution in [1.82, 2.24) is 9.88 Å². The minimum absolute atomic E-state index is 0.157. The number of aromatic nitrogens is 1. The SMILES string of the molecule is Cc1ccc(NC2CC3Nc4ccccc4N(c4ccc(Cl)cc4)C3CC2=NC2CCN(CC(C)C)CC2)cn1. The lowest BCUT2D eigenvalue weighted by Crippen LogP contribution is -2.57. The summed E-state index contributed by atoms with van der Waals surface area (Å²) < 4.78 is 0. The van der Waals surface area contributed by atoms with Crippen LogP contribution in [0.3, 0.4) is 0 Å². The molecule has 210 valence electrons. The van der Waals surface area contributed by atoms with E-state index < -0.39 is 0 Å². The largest absolute Gasteiger partial charge is 0.378 e. The van der Waals surface area contributed by atoms with E-state index in [9.17, 15) is 0 Å². The highest BCUT2D eigenvalue weighted by atomic mass is 35.5. The number of halogens is 1. The van der Waals surface area contributed by atoms with Gasteiger partial charge in [0.1, 0.15) is 0 Å². The number of hydrogen-bond acceptors (Lipinski definition) is 6. The van der Waals surface area contributed by atoms with Crippen molar-refractivity contribution in [1.29, 1.82) is 0 Å². The molecule has 1 aliphatic carbocycles.